The minimum atomic E-state index is -0.403. The second-order valence-electron chi connectivity index (χ2n) is 7.12. The summed E-state index contributed by atoms with van der Waals surface area (Å²) in [5.41, 5.74) is 2.07. The first-order valence-electron chi connectivity index (χ1n) is 10.1. The first-order valence-corrected chi connectivity index (χ1v) is 10.1. The quantitative estimate of drug-likeness (QED) is 0.414. The number of nitrogens with one attached hydrogen (secondary N) is 2. The van der Waals surface area contributed by atoms with Crippen molar-refractivity contribution in [1.29, 1.82) is 0 Å². The molecule has 1 aromatic heterocycles. The standard InChI is InChI=1S/C25H20FN3O4/c26-19-8-6-18(7-9-19)24(30)28-20-10-12-21(13-11-20)32-16-22-14-23(29-33-22)25(31)27-15-17-4-2-1-3-5-17/h1-14H,15-16H2,(H,27,31)(H,28,30). The molecule has 0 radical (unpaired) electrons. The summed E-state index contributed by atoms with van der Waals surface area (Å²) in [7, 11) is 0. The zero-order chi connectivity index (χ0) is 23.0. The van der Waals surface area contributed by atoms with Gasteiger partial charge in [-0.2, -0.15) is 0 Å². The third kappa shape index (κ3) is 6.04. The minimum absolute atomic E-state index is 0.0836. The molecule has 0 aliphatic heterocycles. The Bertz CT molecular complexity index is 1220. The number of aromatic nitrogens is 1. The highest BCUT2D eigenvalue weighted by Gasteiger charge is 2.13. The molecule has 2 amide bonds. The second-order valence-corrected chi connectivity index (χ2v) is 7.12. The number of amides is 2. The predicted octanol–water partition coefficient (Wildman–Crippen LogP) is 4.58. The number of hydrogen-bond donors (Lipinski definition) is 2. The van der Waals surface area contributed by atoms with E-state index in [-0.39, 0.29) is 24.1 Å². The Morgan fingerprint density at radius 2 is 1.64 bits per heavy atom. The second kappa shape index (κ2) is 10.2. The molecule has 0 fully saturated rings. The van der Waals surface area contributed by atoms with Gasteiger partial charge in [-0.3, -0.25) is 9.59 Å². The number of hydrogen-bond acceptors (Lipinski definition) is 5. The maximum atomic E-state index is 13.0. The lowest BCUT2D eigenvalue weighted by Gasteiger charge is -2.07. The van der Waals surface area contributed by atoms with Crippen LogP contribution in [0.5, 0.6) is 5.75 Å². The summed E-state index contributed by atoms with van der Waals surface area (Å²) in [6.45, 7) is 0.475. The van der Waals surface area contributed by atoms with Gasteiger partial charge in [-0.1, -0.05) is 35.5 Å². The monoisotopic (exact) mass is 445 g/mol. The summed E-state index contributed by atoms with van der Waals surface area (Å²) in [6, 6.07) is 23.1. The van der Waals surface area contributed by atoms with Crippen LogP contribution in [0.2, 0.25) is 0 Å². The third-order valence-electron chi connectivity index (χ3n) is 4.69. The summed E-state index contributed by atoms with van der Waals surface area (Å²) in [6.07, 6.45) is 0. The number of halogens is 1. The Balaban J connectivity index is 1.26. The van der Waals surface area contributed by atoms with Crippen molar-refractivity contribution in [3.8, 4) is 5.75 Å². The van der Waals surface area contributed by atoms with Gasteiger partial charge in [0, 0.05) is 23.9 Å². The molecule has 3 aromatic carbocycles. The van der Waals surface area contributed by atoms with Crippen LogP contribution in [0.3, 0.4) is 0 Å². The number of ether oxygens (including phenoxy) is 1. The fraction of sp³-hybridized carbons (Fsp3) is 0.0800. The van der Waals surface area contributed by atoms with Gasteiger partial charge in [0.05, 0.1) is 0 Å². The molecule has 1 heterocycles. The minimum Gasteiger partial charge on any atom is -0.486 e. The van der Waals surface area contributed by atoms with Gasteiger partial charge < -0.3 is 19.9 Å². The number of nitrogens with zero attached hydrogens (tertiary/aromatic N) is 1. The van der Waals surface area contributed by atoms with E-state index in [0.717, 1.165) is 5.56 Å². The third-order valence-corrected chi connectivity index (χ3v) is 4.69. The van der Waals surface area contributed by atoms with Crippen LogP contribution < -0.4 is 15.4 Å². The normalized spacial score (nSPS) is 10.5. The van der Waals surface area contributed by atoms with E-state index in [1.165, 1.54) is 30.3 Å². The summed E-state index contributed by atoms with van der Waals surface area (Å²) in [4.78, 5) is 24.4. The van der Waals surface area contributed by atoms with Gasteiger partial charge in [-0.05, 0) is 54.1 Å². The number of rotatable bonds is 8. The predicted molar refractivity (Wildman–Crippen MR) is 119 cm³/mol. The molecule has 4 rings (SSSR count). The SMILES string of the molecule is O=C(Nc1ccc(OCc2cc(C(=O)NCc3ccccc3)no2)cc1)c1ccc(F)cc1. The summed E-state index contributed by atoms with van der Waals surface area (Å²) < 4.78 is 23.8. The molecule has 7 nitrogen and oxygen atoms in total. The topological polar surface area (TPSA) is 93.5 Å². The van der Waals surface area contributed by atoms with E-state index in [1.807, 2.05) is 30.3 Å². The van der Waals surface area contributed by atoms with Gasteiger partial charge in [-0.25, -0.2) is 4.39 Å². The Labute approximate surface area is 189 Å². The van der Waals surface area contributed by atoms with E-state index in [2.05, 4.69) is 15.8 Å². The summed E-state index contributed by atoms with van der Waals surface area (Å²) >= 11 is 0. The molecule has 0 spiro atoms. The molecule has 0 unspecified atom stereocenters. The van der Waals surface area contributed by atoms with Gasteiger partial charge >= 0.3 is 0 Å². The van der Waals surface area contributed by atoms with Crippen LogP contribution in [0, 0.1) is 5.82 Å². The average Bonchev–Trinajstić information content (AvgIpc) is 3.32. The number of carbonyl (C=O) groups excluding carboxylic acids is 2. The van der Waals surface area contributed by atoms with Crippen molar-refractivity contribution in [2.24, 2.45) is 0 Å². The van der Waals surface area contributed by atoms with E-state index in [0.29, 0.717) is 29.3 Å². The van der Waals surface area contributed by atoms with E-state index in [1.54, 1.807) is 24.3 Å². The van der Waals surface area contributed by atoms with Crippen LogP contribution in [-0.2, 0) is 13.2 Å². The van der Waals surface area contributed by atoms with Crippen molar-refractivity contribution in [2.75, 3.05) is 5.32 Å². The Hall–Kier alpha value is -4.46. The first kappa shape index (κ1) is 21.8. The van der Waals surface area contributed by atoms with Gasteiger partial charge in [0.1, 0.15) is 18.2 Å². The van der Waals surface area contributed by atoms with Crippen molar-refractivity contribution < 1.29 is 23.2 Å². The molecule has 0 atom stereocenters. The largest absolute Gasteiger partial charge is 0.486 e. The van der Waals surface area contributed by atoms with E-state index < -0.39 is 5.82 Å². The fourth-order valence-electron chi connectivity index (χ4n) is 2.95. The fourth-order valence-corrected chi connectivity index (χ4v) is 2.95. The highest BCUT2D eigenvalue weighted by atomic mass is 19.1. The first-order chi connectivity index (χ1) is 16.1. The van der Waals surface area contributed by atoms with Crippen LogP contribution in [0.1, 0.15) is 32.2 Å². The molecular formula is C25H20FN3O4. The van der Waals surface area contributed by atoms with Crippen molar-refractivity contribution in [3.05, 3.63) is 113 Å². The summed E-state index contributed by atoms with van der Waals surface area (Å²) in [5.74, 6) is -0.145. The van der Waals surface area contributed by atoms with Crippen LogP contribution in [0.15, 0.2) is 89.5 Å². The van der Waals surface area contributed by atoms with E-state index in [4.69, 9.17) is 9.26 Å². The molecule has 0 bridgehead atoms. The zero-order valence-corrected chi connectivity index (χ0v) is 17.5. The Morgan fingerprint density at radius 3 is 2.36 bits per heavy atom. The van der Waals surface area contributed by atoms with Crippen molar-refractivity contribution >= 4 is 17.5 Å². The van der Waals surface area contributed by atoms with Crippen molar-refractivity contribution in [2.45, 2.75) is 13.2 Å². The average molecular weight is 445 g/mol. The number of carbonyl (C=O) groups is 2. The van der Waals surface area contributed by atoms with Gasteiger partial charge in [0.15, 0.2) is 11.5 Å². The molecule has 166 valence electrons. The van der Waals surface area contributed by atoms with Crippen LogP contribution in [0.25, 0.3) is 0 Å². The maximum Gasteiger partial charge on any atom is 0.273 e. The van der Waals surface area contributed by atoms with Crippen LogP contribution in [0.4, 0.5) is 10.1 Å². The van der Waals surface area contributed by atoms with Gasteiger partial charge in [-0.15, -0.1) is 0 Å². The zero-order valence-electron chi connectivity index (χ0n) is 17.5. The number of anilines is 1. The lowest BCUT2D eigenvalue weighted by molar-refractivity contribution is 0.0940. The van der Waals surface area contributed by atoms with Gasteiger partial charge in [0.2, 0.25) is 0 Å². The molecule has 8 heteroatoms. The molecule has 0 aliphatic rings. The van der Waals surface area contributed by atoms with Crippen LogP contribution in [-0.4, -0.2) is 17.0 Å². The molecule has 0 saturated heterocycles. The maximum absolute atomic E-state index is 13.0. The highest BCUT2D eigenvalue weighted by Crippen LogP contribution is 2.18. The molecule has 0 saturated carbocycles. The van der Waals surface area contributed by atoms with Crippen molar-refractivity contribution in [1.82, 2.24) is 10.5 Å². The van der Waals surface area contributed by atoms with E-state index in [9.17, 15) is 14.0 Å². The molecular weight excluding hydrogens is 425 g/mol. The Kier molecular flexibility index (Phi) is 6.75. The summed E-state index contributed by atoms with van der Waals surface area (Å²) in [5, 5.41) is 9.30. The van der Waals surface area contributed by atoms with Crippen molar-refractivity contribution in [3.63, 3.8) is 0 Å². The lowest BCUT2D eigenvalue weighted by Crippen LogP contribution is -2.22. The molecule has 4 aromatic rings. The van der Waals surface area contributed by atoms with Crippen LogP contribution >= 0.6 is 0 Å². The Morgan fingerprint density at radius 1 is 0.909 bits per heavy atom. The van der Waals surface area contributed by atoms with Gasteiger partial charge in [0.25, 0.3) is 11.8 Å². The lowest BCUT2D eigenvalue weighted by atomic mass is 10.2. The highest BCUT2D eigenvalue weighted by molar-refractivity contribution is 6.04. The molecule has 0 aliphatic carbocycles. The molecule has 2 N–H and O–H groups in total. The smallest absolute Gasteiger partial charge is 0.273 e. The molecule has 33 heavy (non-hydrogen) atoms. The number of benzene rings is 3. The van der Waals surface area contributed by atoms with E-state index >= 15 is 0 Å².